The number of hydrogen-bond donors (Lipinski definition) is 0. The van der Waals surface area contributed by atoms with E-state index >= 15 is 0 Å². The second-order valence-electron chi connectivity index (χ2n) is 3.92. The summed E-state index contributed by atoms with van der Waals surface area (Å²) in [5.74, 6) is 1.86. The molecule has 0 amide bonds. The van der Waals surface area contributed by atoms with E-state index in [0.717, 1.165) is 11.8 Å². The van der Waals surface area contributed by atoms with Crippen LogP contribution in [0.3, 0.4) is 0 Å². The summed E-state index contributed by atoms with van der Waals surface area (Å²) in [7, 11) is 0. The van der Waals surface area contributed by atoms with Crippen LogP contribution in [-0.4, -0.2) is 0 Å². The molecule has 2 atom stereocenters. The molecule has 0 bridgehead atoms. The molecule has 1 saturated carbocycles. The van der Waals surface area contributed by atoms with Gasteiger partial charge in [-0.1, -0.05) is 43.2 Å². The summed E-state index contributed by atoms with van der Waals surface area (Å²) in [5.41, 5.74) is 2.92. The first-order valence-electron chi connectivity index (χ1n) is 4.88. The third-order valence-corrected chi connectivity index (χ3v) is 2.95. The number of aryl methyl sites for hydroxylation is 1. The minimum Gasteiger partial charge on any atom is -0.0651 e. The summed E-state index contributed by atoms with van der Waals surface area (Å²) in [6, 6.07) is 9.02. The van der Waals surface area contributed by atoms with Crippen LogP contribution in [-0.2, 0) is 0 Å². The molecule has 1 fully saturated rings. The van der Waals surface area contributed by atoms with Crippen molar-refractivity contribution in [3.05, 3.63) is 35.4 Å². The van der Waals surface area contributed by atoms with Crippen molar-refractivity contribution < 1.29 is 0 Å². The molecule has 0 aliphatic heterocycles. The second-order valence-corrected chi connectivity index (χ2v) is 3.92. The zero-order valence-electron chi connectivity index (χ0n) is 7.88. The van der Waals surface area contributed by atoms with Gasteiger partial charge in [-0.15, -0.1) is 0 Å². The fourth-order valence-electron chi connectivity index (χ4n) is 1.92. The molecule has 64 valence electrons. The van der Waals surface area contributed by atoms with Crippen LogP contribution >= 0.6 is 0 Å². The molecule has 0 aromatic heterocycles. The number of benzene rings is 1. The Balaban J connectivity index is 2.10. The van der Waals surface area contributed by atoms with Crippen molar-refractivity contribution in [1.82, 2.24) is 0 Å². The highest BCUT2D eigenvalue weighted by Gasteiger charge is 2.36. The van der Waals surface area contributed by atoms with E-state index in [-0.39, 0.29) is 0 Å². The van der Waals surface area contributed by atoms with E-state index in [0.29, 0.717) is 0 Å². The highest BCUT2D eigenvalue weighted by atomic mass is 14.4. The quantitative estimate of drug-likeness (QED) is 0.621. The Kier molecular flexibility index (Phi) is 1.92. The molecule has 1 aliphatic rings. The van der Waals surface area contributed by atoms with Gasteiger partial charge in [-0.25, -0.2) is 0 Å². The lowest BCUT2D eigenvalue weighted by Crippen LogP contribution is -1.82. The van der Waals surface area contributed by atoms with Crippen molar-refractivity contribution in [1.29, 1.82) is 0 Å². The van der Waals surface area contributed by atoms with E-state index in [1.807, 2.05) is 0 Å². The van der Waals surface area contributed by atoms with E-state index in [1.54, 1.807) is 5.56 Å². The van der Waals surface area contributed by atoms with Gasteiger partial charge in [0.25, 0.3) is 0 Å². The van der Waals surface area contributed by atoms with Crippen molar-refractivity contribution in [2.75, 3.05) is 0 Å². The normalized spacial score (nSPS) is 27.2. The van der Waals surface area contributed by atoms with Gasteiger partial charge in [-0.05, 0) is 30.7 Å². The topological polar surface area (TPSA) is 0 Å². The van der Waals surface area contributed by atoms with Gasteiger partial charge in [0.05, 0.1) is 0 Å². The van der Waals surface area contributed by atoms with Crippen LogP contribution in [0.1, 0.15) is 36.8 Å². The molecule has 2 rings (SSSR count). The van der Waals surface area contributed by atoms with Gasteiger partial charge >= 0.3 is 0 Å². The van der Waals surface area contributed by atoms with Crippen molar-refractivity contribution in [2.45, 2.75) is 32.6 Å². The fraction of sp³-hybridized carbons (Fsp3) is 0.500. The van der Waals surface area contributed by atoms with Crippen LogP contribution in [0, 0.1) is 12.8 Å². The van der Waals surface area contributed by atoms with Crippen LogP contribution in [0.4, 0.5) is 0 Å². The highest BCUT2D eigenvalue weighted by Crippen LogP contribution is 2.49. The highest BCUT2D eigenvalue weighted by molar-refractivity contribution is 5.28. The van der Waals surface area contributed by atoms with Crippen LogP contribution < -0.4 is 0 Å². The average Bonchev–Trinajstić information content (AvgIpc) is 2.85. The van der Waals surface area contributed by atoms with Crippen LogP contribution in [0.5, 0.6) is 0 Å². The average molecular weight is 160 g/mol. The largest absolute Gasteiger partial charge is 0.0651 e. The lowest BCUT2D eigenvalue weighted by atomic mass is 10.1. The van der Waals surface area contributed by atoms with Crippen molar-refractivity contribution in [3.8, 4) is 0 Å². The van der Waals surface area contributed by atoms with Gasteiger partial charge < -0.3 is 0 Å². The van der Waals surface area contributed by atoms with Gasteiger partial charge in [-0.3, -0.25) is 0 Å². The molecule has 0 heterocycles. The van der Waals surface area contributed by atoms with Gasteiger partial charge in [0.2, 0.25) is 0 Å². The second kappa shape index (κ2) is 2.93. The van der Waals surface area contributed by atoms with Gasteiger partial charge in [0, 0.05) is 0 Å². The van der Waals surface area contributed by atoms with Gasteiger partial charge in [-0.2, -0.15) is 0 Å². The van der Waals surface area contributed by atoms with Crippen molar-refractivity contribution in [3.63, 3.8) is 0 Å². The zero-order chi connectivity index (χ0) is 8.55. The Bertz CT molecular complexity index is 258. The first-order valence-corrected chi connectivity index (χ1v) is 4.88. The molecular formula is C12H16. The summed E-state index contributed by atoms with van der Waals surface area (Å²) in [4.78, 5) is 0. The molecule has 0 saturated heterocycles. The maximum absolute atomic E-state index is 2.29. The van der Waals surface area contributed by atoms with Gasteiger partial charge in [0.15, 0.2) is 0 Å². The predicted octanol–water partition coefficient (Wildman–Crippen LogP) is 3.51. The smallest absolute Gasteiger partial charge is 0.0131 e. The number of hydrogen-bond acceptors (Lipinski definition) is 0. The lowest BCUT2D eigenvalue weighted by molar-refractivity contribution is 0.766. The summed E-state index contributed by atoms with van der Waals surface area (Å²) < 4.78 is 0. The molecule has 0 spiro atoms. The zero-order valence-corrected chi connectivity index (χ0v) is 7.88. The van der Waals surface area contributed by atoms with Crippen LogP contribution in [0.2, 0.25) is 0 Å². The Morgan fingerprint density at radius 2 is 1.92 bits per heavy atom. The molecule has 0 nitrogen and oxygen atoms in total. The van der Waals surface area contributed by atoms with Gasteiger partial charge in [0.1, 0.15) is 0 Å². The van der Waals surface area contributed by atoms with Crippen molar-refractivity contribution in [2.24, 2.45) is 5.92 Å². The van der Waals surface area contributed by atoms with E-state index in [9.17, 15) is 0 Å². The molecule has 1 aliphatic carbocycles. The van der Waals surface area contributed by atoms with Crippen molar-refractivity contribution >= 4 is 0 Å². The summed E-state index contributed by atoms with van der Waals surface area (Å²) in [5, 5.41) is 0. The van der Waals surface area contributed by atoms with E-state index in [1.165, 1.54) is 18.4 Å². The van der Waals surface area contributed by atoms with Crippen LogP contribution in [0.25, 0.3) is 0 Å². The molecule has 0 N–H and O–H groups in total. The molecule has 0 heteroatoms. The lowest BCUT2D eigenvalue weighted by Gasteiger charge is -1.99. The maximum Gasteiger partial charge on any atom is -0.0131 e. The summed E-state index contributed by atoms with van der Waals surface area (Å²) in [6.45, 7) is 4.44. The predicted molar refractivity (Wildman–Crippen MR) is 52.3 cm³/mol. The monoisotopic (exact) mass is 160 g/mol. The number of rotatable bonds is 2. The first kappa shape index (κ1) is 7.85. The summed E-state index contributed by atoms with van der Waals surface area (Å²) >= 11 is 0. The minimum absolute atomic E-state index is 0.885. The van der Waals surface area contributed by atoms with Crippen LogP contribution in [0.15, 0.2) is 24.3 Å². The minimum atomic E-state index is 0.885. The molecule has 0 radical (unpaired) electrons. The molecule has 0 unspecified atom stereocenters. The molecule has 1 aromatic rings. The molecule has 12 heavy (non-hydrogen) atoms. The molecular weight excluding hydrogens is 144 g/mol. The maximum atomic E-state index is 2.29. The fourth-order valence-corrected chi connectivity index (χ4v) is 1.92. The Morgan fingerprint density at radius 1 is 1.25 bits per heavy atom. The Hall–Kier alpha value is -0.780. The third kappa shape index (κ3) is 1.38. The first-order chi connectivity index (χ1) is 5.81. The SMILES string of the molecule is CC[C@H]1C[C@H]1c1ccc(C)cc1. The molecule has 1 aromatic carbocycles. The Morgan fingerprint density at radius 3 is 2.42 bits per heavy atom. The summed E-state index contributed by atoms with van der Waals surface area (Å²) in [6.07, 6.45) is 2.76. The standard InChI is InChI=1S/C12H16/c1-3-10-8-12(10)11-6-4-9(2)5-7-11/h4-7,10,12H,3,8H2,1-2H3/t10-,12+/m0/s1. The third-order valence-electron chi connectivity index (χ3n) is 2.95. The van der Waals surface area contributed by atoms with E-state index < -0.39 is 0 Å². The Labute approximate surface area is 74.6 Å². The van der Waals surface area contributed by atoms with E-state index in [4.69, 9.17) is 0 Å². The van der Waals surface area contributed by atoms with E-state index in [2.05, 4.69) is 38.1 Å².